The Labute approximate surface area is 101 Å². The Morgan fingerprint density at radius 2 is 1.94 bits per heavy atom. The van der Waals surface area contributed by atoms with Gasteiger partial charge >= 0.3 is 0 Å². The molecule has 2 aliphatic rings. The van der Waals surface area contributed by atoms with Gasteiger partial charge in [0.2, 0.25) is 0 Å². The zero-order chi connectivity index (χ0) is 11.8. The lowest BCUT2D eigenvalue weighted by Crippen LogP contribution is -2.62. The molecule has 2 saturated carbocycles. The van der Waals surface area contributed by atoms with Crippen molar-refractivity contribution in [1.82, 2.24) is 4.90 Å². The molecule has 3 atom stereocenters. The molecule has 16 heavy (non-hydrogen) atoms. The summed E-state index contributed by atoms with van der Waals surface area (Å²) in [6.07, 6.45) is 8.22. The van der Waals surface area contributed by atoms with E-state index < -0.39 is 0 Å². The number of hydrogen-bond acceptors (Lipinski definition) is 2. The molecular formula is C14H28N2. The summed E-state index contributed by atoms with van der Waals surface area (Å²) in [5.41, 5.74) is 6.45. The molecule has 2 N–H and O–H groups in total. The van der Waals surface area contributed by atoms with Gasteiger partial charge in [-0.3, -0.25) is 4.90 Å². The van der Waals surface area contributed by atoms with Crippen molar-refractivity contribution in [2.24, 2.45) is 17.6 Å². The van der Waals surface area contributed by atoms with Crippen LogP contribution < -0.4 is 5.73 Å². The van der Waals surface area contributed by atoms with Gasteiger partial charge < -0.3 is 5.73 Å². The van der Waals surface area contributed by atoms with Crippen molar-refractivity contribution < 1.29 is 0 Å². The Balaban J connectivity index is 2.10. The first-order valence-electron chi connectivity index (χ1n) is 7.03. The molecule has 0 amide bonds. The van der Waals surface area contributed by atoms with Gasteiger partial charge in [0.25, 0.3) is 0 Å². The molecule has 3 unspecified atom stereocenters. The quantitative estimate of drug-likeness (QED) is 0.798. The van der Waals surface area contributed by atoms with Gasteiger partial charge in [0.15, 0.2) is 0 Å². The van der Waals surface area contributed by atoms with Gasteiger partial charge in [0.05, 0.1) is 0 Å². The summed E-state index contributed by atoms with van der Waals surface area (Å²) in [5, 5.41) is 0. The third-order valence-corrected chi connectivity index (χ3v) is 5.42. The van der Waals surface area contributed by atoms with Gasteiger partial charge in [-0.05, 0) is 51.0 Å². The van der Waals surface area contributed by atoms with Gasteiger partial charge in [-0.25, -0.2) is 0 Å². The van der Waals surface area contributed by atoms with Crippen LogP contribution in [-0.4, -0.2) is 30.1 Å². The van der Waals surface area contributed by atoms with E-state index in [0.29, 0.717) is 5.54 Å². The minimum Gasteiger partial charge on any atom is -0.329 e. The maximum atomic E-state index is 6.15. The van der Waals surface area contributed by atoms with Crippen molar-refractivity contribution in [3.63, 3.8) is 0 Å². The van der Waals surface area contributed by atoms with Crippen LogP contribution in [-0.2, 0) is 0 Å². The van der Waals surface area contributed by atoms with Gasteiger partial charge in [0.1, 0.15) is 0 Å². The van der Waals surface area contributed by atoms with Gasteiger partial charge in [-0.2, -0.15) is 0 Å². The first-order chi connectivity index (χ1) is 7.60. The first-order valence-corrected chi connectivity index (χ1v) is 7.03. The van der Waals surface area contributed by atoms with Crippen molar-refractivity contribution in [2.45, 2.75) is 64.0 Å². The molecule has 94 valence electrons. The maximum Gasteiger partial charge on any atom is 0.0357 e. The van der Waals surface area contributed by atoms with E-state index in [1.165, 1.54) is 38.5 Å². The van der Waals surface area contributed by atoms with Crippen LogP contribution in [0.15, 0.2) is 0 Å². The van der Waals surface area contributed by atoms with Gasteiger partial charge in [-0.15, -0.1) is 0 Å². The topological polar surface area (TPSA) is 29.3 Å². The summed E-state index contributed by atoms with van der Waals surface area (Å²) in [6.45, 7) is 5.64. The Morgan fingerprint density at radius 3 is 2.38 bits per heavy atom. The smallest absolute Gasteiger partial charge is 0.0357 e. The molecule has 2 heteroatoms. The zero-order valence-electron chi connectivity index (χ0n) is 11.2. The van der Waals surface area contributed by atoms with Crippen LogP contribution in [0, 0.1) is 11.8 Å². The predicted octanol–water partition coefficient (Wildman–Crippen LogP) is 2.62. The molecule has 0 saturated heterocycles. The van der Waals surface area contributed by atoms with Gasteiger partial charge in [-0.1, -0.05) is 20.3 Å². The third-order valence-electron chi connectivity index (χ3n) is 5.42. The second kappa shape index (κ2) is 4.66. The zero-order valence-corrected chi connectivity index (χ0v) is 11.2. The molecule has 2 aliphatic carbocycles. The van der Waals surface area contributed by atoms with E-state index in [4.69, 9.17) is 5.73 Å². The average Bonchev–Trinajstić information content (AvgIpc) is 2.15. The van der Waals surface area contributed by atoms with E-state index in [1.807, 2.05) is 0 Å². The first kappa shape index (κ1) is 12.4. The highest BCUT2D eigenvalue weighted by Gasteiger charge is 2.45. The van der Waals surface area contributed by atoms with Crippen LogP contribution in [0.25, 0.3) is 0 Å². The Morgan fingerprint density at radius 1 is 1.25 bits per heavy atom. The normalized spacial score (nSPS) is 41.1. The maximum absolute atomic E-state index is 6.15. The minimum absolute atomic E-state index is 0.303. The highest BCUT2D eigenvalue weighted by Crippen LogP contribution is 2.42. The monoisotopic (exact) mass is 224 g/mol. The fourth-order valence-electron chi connectivity index (χ4n) is 3.79. The molecular weight excluding hydrogens is 196 g/mol. The number of likely N-dealkylation sites (N-methyl/N-ethyl adjacent to an activating group) is 1. The lowest BCUT2D eigenvalue weighted by Gasteiger charge is -2.54. The Kier molecular flexibility index (Phi) is 3.60. The van der Waals surface area contributed by atoms with Crippen LogP contribution in [0.4, 0.5) is 0 Å². The molecule has 0 spiro atoms. The molecule has 0 radical (unpaired) electrons. The molecule has 2 nitrogen and oxygen atoms in total. The predicted molar refractivity (Wildman–Crippen MR) is 69.4 cm³/mol. The number of rotatable bonds is 3. The molecule has 0 aromatic heterocycles. The van der Waals surface area contributed by atoms with E-state index in [2.05, 4.69) is 25.8 Å². The molecule has 0 aromatic carbocycles. The molecule has 0 bridgehead atoms. The highest BCUT2D eigenvalue weighted by atomic mass is 15.2. The summed E-state index contributed by atoms with van der Waals surface area (Å²) < 4.78 is 0. The van der Waals surface area contributed by atoms with Gasteiger partial charge in [0, 0.05) is 18.1 Å². The van der Waals surface area contributed by atoms with E-state index in [1.54, 1.807) is 0 Å². The third kappa shape index (κ3) is 1.91. The minimum atomic E-state index is 0.303. The molecule has 0 aliphatic heterocycles. The number of nitrogens with zero attached hydrogens (tertiary/aromatic N) is 1. The van der Waals surface area contributed by atoms with Crippen molar-refractivity contribution in [1.29, 1.82) is 0 Å². The van der Waals surface area contributed by atoms with E-state index in [-0.39, 0.29) is 0 Å². The summed E-state index contributed by atoms with van der Waals surface area (Å²) in [6, 6.07) is 0.819. The van der Waals surface area contributed by atoms with Crippen LogP contribution in [0.3, 0.4) is 0 Å². The van der Waals surface area contributed by atoms with Crippen LogP contribution in [0.1, 0.15) is 52.4 Å². The lowest BCUT2D eigenvalue weighted by atomic mass is 9.68. The second-order valence-corrected chi connectivity index (χ2v) is 6.28. The number of nitrogens with two attached hydrogens (primary N) is 1. The van der Waals surface area contributed by atoms with E-state index in [0.717, 1.165) is 24.4 Å². The van der Waals surface area contributed by atoms with Crippen molar-refractivity contribution in [3.8, 4) is 0 Å². The fraction of sp³-hybridized carbons (Fsp3) is 1.00. The summed E-state index contributed by atoms with van der Waals surface area (Å²) in [5.74, 6) is 1.65. The summed E-state index contributed by atoms with van der Waals surface area (Å²) in [7, 11) is 2.32. The fourth-order valence-corrected chi connectivity index (χ4v) is 3.79. The van der Waals surface area contributed by atoms with Crippen LogP contribution in [0.5, 0.6) is 0 Å². The van der Waals surface area contributed by atoms with Crippen molar-refractivity contribution >= 4 is 0 Å². The molecule has 2 rings (SSSR count). The second-order valence-electron chi connectivity index (χ2n) is 6.28. The SMILES string of the molecule is CC1CCC(CN)(N(C)C2CCC2)C(C)C1. The van der Waals surface area contributed by atoms with Crippen molar-refractivity contribution in [2.75, 3.05) is 13.6 Å². The number of hydrogen-bond donors (Lipinski definition) is 1. The van der Waals surface area contributed by atoms with Crippen molar-refractivity contribution in [3.05, 3.63) is 0 Å². The van der Waals surface area contributed by atoms with Crippen LogP contribution >= 0.6 is 0 Å². The lowest BCUT2D eigenvalue weighted by molar-refractivity contribution is -0.0312. The Bertz CT molecular complexity index is 237. The summed E-state index contributed by atoms with van der Waals surface area (Å²) >= 11 is 0. The molecule has 0 heterocycles. The highest BCUT2D eigenvalue weighted by molar-refractivity contribution is 5.01. The van der Waals surface area contributed by atoms with E-state index >= 15 is 0 Å². The molecule has 0 aromatic rings. The average molecular weight is 224 g/mol. The summed E-state index contributed by atoms with van der Waals surface area (Å²) in [4.78, 5) is 2.65. The Hall–Kier alpha value is -0.0800. The van der Waals surface area contributed by atoms with Crippen LogP contribution in [0.2, 0.25) is 0 Å². The molecule has 2 fully saturated rings. The van der Waals surface area contributed by atoms with E-state index in [9.17, 15) is 0 Å². The standard InChI is InChI=1S/C14H28N2/c1-11-7-8-14(10-15,12(2)9-11)16(3)13-5-4-6-13/h11-13H,4-10,15H2,1-3H3. The largest absolute Gasteiger partial charge is 0.329 e.